The van der Waals surface area contributed by atoms with E-state index in [4.69, 9.17) is 11.6 Å². The molecule has 16 heavy (non-hydrogen) atoms. The normalized spacial score (nSPS) is 30.4. The molecule has 1 fully saturated rings. The monoisotopic (exact) mass is 274 g/mol. The van der Waals surface area contributed by atoms with Crippen LogP contribution < -0.4 is 0 Å². The van der Waals surface area contributed by atoms with E-state index in [1.807, 2.05) is 30.4 Å². The van der Waals surface area contributed by atoms with Crippen molar-refractivity contribution in [1.82, 2.24) is 9.97 Å². The Labute approximate surface area is 110 Å². The first-order valence-electron chi connectivity index (χ1n) is 5.34. The van der Waals surface area contributed by atoms with Crippen LogP contribution in [0.5, 0.6) is 0 Å². The van der Waals surface area contributed by atoms with E-state index in [0.29, 0.717) is 20.9 Å². The van der Waals surface area contributed by atoms with E-state index in [9.17, 15) is 0 Å². The lowest BCUT2D eigenvalue weighted by Crippen LogP contribution is -2.23. The molecular weight excluding hydrogens is 260 g/mol. The van der Waals surface area contributed by atoms with E-state index in [1.54, 1.807) is 6.07 Å². The summed E-state index contributed by atoms with van der Waals surface area (Å²) in [7, 11) is 0. The number of rotatable bonds is 1. The van der Waals surface area contributed by atoms with E-state index in [0.717, 1.165) is 17.3 Å². The Morgan fingerprint density at radius 2 is 2.06 bits per heavy atom. The van der Waals surface area contributed by atoms with Crippen LogP contribution in [0.1, 0.15) is 30.6 Å². The molecule has 1 aliphatic rings. The van der Waals surface area contributed by atoms with Crippen molar-refractivity contribution in [2.45, 2.75) is 36.5 Å². The van der Waals surface area contributed by atoms with Gasteiger partial charge < -0.3 is 0 Å². The second kappa shape index (κ2) is 5.15. The maximum atomic E-state index is 5.97. The highest BCUT2D eigenvalue weighted by Crippen LogP contribution is 2.43. The zero-order chi connectivity index (χ0) is 11.7. The molecule has 3 atom stereocenters. The molecule has 88 valence electrons. The fourth-order valence-corrected chi connectivity index (χ4v) is 4.70. The molecule has 1 saturated heterocycles. The molecule has 3 unspecified atom stereocenters. The summed E-state index contributed by atoms with van der Waals surface area (Å²) < 4.78 is 0. The molecule has 0 spiro atoms. The lowest BCUT2D eigenvalue weighted by atomic mass is 10.3. The molecule has 1 aromatic heterocycles. The van der Waals surface area contributed by atoms with Gasteiger partial charge in [-0.2, -0.15) is 11.8 Å². The highest BCUT2D eigenvalue weighted by Gasteiger charge is 2.28. The molecule has 0 bridgehead atoms. The highest BCUT2D eigenvalue weighted by atomic mass is 35.5. The Morgan fingerprint density at radius 1 is 1.31 bits per heavy atom. The van der Waals surface area contributed by atoms with Crippen molar-refractivity contribution < 1.29 is 0 Å². The summed E-state index contributed by atoms with van der Waals surface area (Å²) in [6, 6.07) is 1.80. The van der Waals surface area contributed by atoms with Crippen LogP contribution in [0.4, 0.5) is 0 Å². The fraction of sp³-hybridized carbons (Fsp3) is 0.636. The standard InChI is InChI=1S/C11H15ClN2S2/c1-6-4-10(12)14-11(13-6)9-5-15-7(2)8(3)16-9/h4,7-9H,5H2,1-3H3. The summed E-state index contributed by atoms with van der Waals surface area (Å²) in [5.41, 5.74) is 0.951. The Balaban J connectivity index is 2.18. The summed E-state index contributed by atoms with van der Waals surface area (Å²) in [5, 5.41) is 2.29. The molecule has 0 aromatic carbocycles. The summed E-state index contributed by atoms with van der Waals surface area (Å²) in [5.74, 6) is 1.97. The fourth-order valence-electron chi connectivity index (χ4n) is 1.62. The molecule has 2 rings (SSSR count). The van der Waals surface area contributed by atoms with Crippen LogP contribution in [-0.4, -0.2) is 26.2 Å². The molecule has 0 saturated carbocycles. The van der Waals surface area contributed by atoms with Gasteiger partial charge in [0.25, 0.3) is 0 Å². The van der Waals surface area contributed by atoms with E-state index in [1.165, 1.54) is 0 Å². The van der Waals surface area contributed by atoms with Crippen LogP contribution >= 0.6 is 35.1 Å². The second-order valence-electron chi connectivity index (χ2n) is 4.06. The van der Waals surface area contributed by atoms with Gasteiger partial charge in [0.05, 0.1) is 5.25 Å². The number of thioether (sulfide) groups is 2. The SMILES string of the molecule is Cc1cc(Cl)nc(C2CSC(C)C(C)S2)n1. The predicted octanol–water partition coefficient (Wildman–Crippen LogP) is 3.74. The number of hydrogen-bond donors (Lipinski definition) is 0. The molecule has 1 aliphatic heterocycles. The Morgan fingerprint density at radius 3 is 2.69 bits per heavy atom. The summed E-state index contributed by atoms with van der Waals surface area (Å²) in [6.45, 7) is 6.51. The van der Waals surface area contributed by atoms with Crippen molar-refractivity contribution in [2.24, 2.45) is 0 Å². The van der Waals surface area contributed by atoms with Crippen molar-refractivity contribution >= 4 is 35.1 Å². The lowest BCUT2D eigenvalue weighted by Gasteiger charge is -2.30. The minimum atomic E-state index is 0.383. The van der Waals surface area contributed by atoms with Gasteiger partial charge in [-0.05, 0) is 13.0 Å². The summed E-state index contributed by atoms with van der Waals surface area (Å²) in [6.07, 6.45) is 0. The van der Waals surface area contributed by atoms with E-state index >= 15 is 0 Å². The maximum absolute atomic E-state index is 5.97. The Bertz CT molecular complexity index is 366. The van der Waals surface area contributed by atoms with Gasteiger partial charge in [-0.15, -0.1) is 11.8 Å². The zero-order valence-electron chi connectivity index (χ0n) is 9.61. The van der Waals surface area contributed by atoms with Crippen molar-refractivity contribution in [2.75, 3.05) is 5.75 Å². The van der Waals surface area contributed by atoms with Gasteiger partial charge in [0, 0.05) is 21.9 Å². The van der Waals surface area contributed by atoms with Gasteiger partial charge in [0.2, 0.25) is 0 Å². The smallest absolute Gasteiger partial charge is 0.144 e. The molecule has 2 heterocycles. The molecule has 0 amide bonds. The van der Waals surface area contributed by atoms with Gasteiger partial charge >= 0.3 is 0 Å². The third kappa shape index (κ3) is 2.84. The molecule has 0 aliphatic carbocycles. The van der Waals surface area contributed by atoms with Gasteiger partial charge in [-0.3, -0.25) is 0 Å². The lowest BCUT2D eigenvalue weighted by molar-refractivity contribution is 0.852. The number of aromatic nitrogens is 2. The molecule has 0 radical (unpaired) electrons. The highest BCUT2D eigenvalue weighted by molar-refractivity contribution is 8.07. The number of halogens is 1. The molecular formula is C11H15ClN2S2. The van der Waals surface area contributed by atoms with Crippen molar-refractivity contribution in [3.05, 3.63) is 22.7 Å². The van der Waals surface area contributed by atoms with E-state index in [2.05, 4.69) is 23.8 Å². The van der Waals surface area contributed by atoms with Crippen molar-refractivity contribution in [3.63, 3.8) is 0 Å². The second-order valence-corrected chi connectivity index (χ2v) is 7.44. The summed E-state index contributed by atoms with van der Waals surface area (Å²) >= 11 is 9.92. The zero-order valence-corrected chi connectivity index (χ0v) is 12.0. The van der Waals surface area contributed by atoms with Crippen LogP contribution in [0.15, 0.2) is 6.07 Å². The summed E-state index contributed by atoms with van der Waals surface area (Å²) in [4.78, 5) is 8.82. The average Bonchev–Trinajstić information content (AvgIpc) is 2.20. The van der Waals surface area contributed by atoms with Crippen LogP contribution in [0, 0.1) is 6.92 Å². The first-order valence-corrected chi connectivity index (χ1v) is 7.71. The van der Waals surface area contributed by atoms with Gasteiger partial charge in [0.1, 0.15) is 11.0 Å². The van der Waals surface area contributed by atoms with Gasteiger partial charge in [-0.25, -0.2) is 9.97 Å². The first-order chi connectivity index (χ1) is 7.56. The topological polar surface area (TPSA) is 25.8 Å². The Kier molecular flexibility index (Phi) is 4.03. The molecule has 5 heteroatoms. The minimum absolute atomic E-state index is 0.383. The van der Waals surface area contributed by atoms with Crippen LogP contribution in [0.3, 0.4) is 0 Å². The maximum Gasteiger partial charge on any atom is 0.144 e. The number of hydrogen-bond acceptors (Lipinski definition) is 4. The molecule has 1 aromatic rings. The van der Waals surface area contributed by atoms with Crippen LogP contribution in [-0.2, 0) is 0 Å². The van der Waals surface area contributed by atoms with Crippen LogP contribution in [0.25, 0.3) is 0 Å². The van der Waals surface area contributed by atoms with E-state index < -0.39 is 0 Å². The van der Waals surface area contributed by atoms with Crippen LogP contribution in [0.2, 0.25) is 5.15 Å². The largest absolute Gasteiger partial charge is 0.237 e. The quantitative estimate of drug-likeness (QED) is 0.729. The van der Waals surface area contributed by atoms with Gasteiger partial charge in [-0.1, -0.05) is 25.4 Å². The third-order valence-corrected chi connectivity index (χ3v) is 6.26. The van der Waals surface area contributed by atoms with Crippen molar-refractivity contribution in [1.29, 1.82) is 0 Å². The number of aryl methyl sites for hydroxylation is 1. The Hall–Kier alpha value is 0.0700. The first kappa shape index (κ1) is 12.5. The van der Waals surface area contributed by atoms with E-state index in [-0.39, 0.29) is 0 Å². The minimum Gasteiger partial charge on any atom is -0.237 e. The number of nitrogens with zero attached hydrogens (tertiary/aromatic N) is 2. The van der Waals surface area contributed by atoms with Crippen molar-refractivity contribution in [3.8, 4) is 0 Å². The van der Waals surface area contributed by atoms with Gasteiger partial charge in [0.15, 0.2) is 0 Å². The predicted molar refractivity (Wildman–Crippen MR) is 73.5 cm³/mol. The average molecular weight is 275 g/mol. The molecule has 0 N–H and O–H groups in total. The third-order valence-electron chi connectivity index (χ3n) is 2.68. The molecule has 2 nitrogen and oxygen atoms in total.